The SMILES string of the molecule is CCC(O)(CC)CC(NC(=O)N1Cc2c(NC(=O)C3([Si](C)(C)C)CCC3)n[nH]c2C1(C)C)c1ccccc1. The number of hydrogen-bond acceptors (Lipinski definition) is 4. The van der Waals surface area contributed by atoms with Crippen LogP contribution in [0.3, 0.4) is 0 Å². The molecule has 1 aromatic heterocycles. The summed E-state index contributed by atoms with van der Waals surface area (Å²) in [6, 6.07) is 9.27. The maximum Gasteiger partial charge on any atom is 0.318 e. The van der Waals surface area contributed by atoms with Gasteiger partial charge in [0.05, 0.1) is 37.5 Å². The third-order valence-corrected chi connectivity index (χ3v) is 13.0. The molecule has 1 aromatic carbocycles. The summed E-state index contributed by atoms with van der Waals surface area (Å²) >= 11 is 0. The number of rotatable bonds is 9. The third-order valence-electron chi connectivity index (χ3n) is 9.42. The average Bonchev–Trinajstić information content (AvgIpc) is 3.35. The Morgan fingerprint density at radius 1 is 1.16 bits per heavy atom. The number of nitrogens with one attached hydrogen (secondary N) is 3. The Morgan fingerprint density at radius 2 is 1.79 bits per heavy atom. The zero-order valence-electron chi connectivity index (χ0n) is 24.1. The van der Waals surface area contributed by atoms with Crippen molar-refractivity contribution in [1.82, 2.24) is 20.4 Å². The molecule has 0 spiro atoms. The minimum Gasteiger partial charge on any atom is -0.390 e. The summed E-state index contributed by atoms with van der Waals surface area (Å²) < 4.78 is 0. The number of nitrogens with zero attached hydrogens (tertiary/aromatic N) is 2. The minimum atomic E-state index is -1.73. The van der Waals surface area contributed by atoms with E-state index in [0.29, 0.717) is 31.6 Å². The van der Waals surface area contributed by atoms with Gasteiger partial charge in [-0.3, -0.25) is 9.89 Å². The zero-order chi connectivity index (χ0) is 27.9. The van der Waals surface area contributed by atoms with Crippen molar-refractivity contribution in [2.75, 3.05) is 5.32 Å². The number of urea groups is 1. The lowest BCUT2D eigenvalue weighted by atomic mass is 9.83. The topological polar surface area (TPSA) is 110 Å². The molecule has 3 amide bonds. The summed E-state index contributed by atoms with van der Waals surface area (Å²) in [5.41, 5.74) is 1.15. The van der Waals surface area contributed by atoms with Crippen molar-refractivity contribution in [2.45, 2.75) is 115 Å². The molecule has 4 rings (SSSR count). The fourth-order valence-corrected chi connectivity index (χ4v) is 8.70. The first-order valence-electron chi connectivity index (χ1n) is 14.0. The summed E-state index contributed by atoms with van der Waals surface area (Å²) in [4.78, 5) is 29.0. The molecule has 1 aliphatic heterocycles. The van der Waals surface area contributed by atoms with Gasteiger partial charge in [0.25, 0.3) is 0 Å². The highest BCUT2D eigenvalue weighted by Gasteiger charge is 2.54. The van der Waals surface area contributed by atoms with E-state index in [1.165, 1.54) is 0 Å². The molecule has 38 heavy (non-hydrogen) atoms. The van der Waals surface area contributed by atoms with Crippen LogP contribution in [0.4, 0.5) is 10.6 Å². The van der Waals surface area contributed by atoms with Crippen molar-refractivity contribution in [3.8, 4) is 0 Å². The molecule has 208 valence electrons. The number of anilines is 1. The average molecular weight is 540 g/mol. The largest absolute Gasteiger partial charge is 0.390 e. The van der Waals surface area contributed by atoms with Gasteiger partial charge >= 0.3 is 6.03 Å². The van der Waals surface area contributed by atoms with Crippen LogP contribution in [0.5, 0.6) is 0 Å². The molecule has 9 heteroatoms. The van der Waals surface area contributed by atoms with Crippen LogP contribution in [0.15, 0.2) is 30.3 Å². The second-order valence-electron chi connectivity index (χ2n) is 12.8. The molecule has 1 atom stereocenters. The van der Waals surface area contributed by atoms with E-state index < -0.39 is 19.2 Å². The number of benzene rings is 1. The molecule has 0 radical (unpaired) electrons. The number of hydrogen-bond donors (Lipinski definition) is 4. The molecule has 1 unspecified atom stereocenters. The van der Waals surface area contributed by atoms with E-state index in [2.05, 4.69) is 40.5 Å². The fourth-order valence-electron chi connectivity index (χ4n) is 6.10. The highest BCUT2D eigenvalue weighted by Crippen LogP contribution is 2.56. The van der Waals surface area contributed by atoms with E-state index in [9.17, 15) is 14.7 Å². The summed E-state index contributed by atoms with van der Waals surface area (Å²) in [5, 5.41) is 24.8. The first-order valence-corrected chi connectivity index (χ1v) is 17.5. The number of aliphatic hydroxyl groups is 1. The van der Waals surface area contributed by atoms with Crippen LogP contribution < -0.4 is 10.6 Å². The van der Waals surface area contributed by atoms with Crippen LogP contribution in [-0.4, -0.2) is 45.8 Å². The Balaban J connectivity index is 1.55. The lowest BCUT2D eigenvalue weighted by Gasteiger charge is -2.48. The molecule has 4 N–H and O–H groups in total. The quantitative estimate of drug-likeness (QED) is 0.291. The molecule has 1 fully saturated rings. The van der Waals surface area contributed by atoms with E-state index in [4.69, 9.17) is 0 Å². The normalized spacial score (nSPS) is 18.9. The summed E-state index contributed by atoms with van der Waals surface area (Å²) in [5.74, 6) is 0.601. The third kappa shape index (κ3) is 4.90. The minimum absolute atomic E-state index is 0.0699. The van der Waals surface area contributed by atoms with Crippen LogP contribution in [0.25, 0.3) is 0 Å². The predicted octanol–water partition coefficient (Wildman–Crippen LogP) is 6.05. The Hall–Kier alpha value is -2.65. The highest BCUT2D eigenvalue weighted by molar-refractivity contribution is 6.83. The molecular weight excluding hydrogens is 494 g/mol. The van der Waals surface area contributed by atoms with Gasteiger partial charge in [0.15, 0.2) is 5.82 Å². The number of carbonyl (C=O) groups excluding carboxylic acids is 2. The van der Waals surface area contributed by atoms with Crippen LogP contribution in [0.2, 0.25) is 24.7 Å². The molecule has 1 saturated carbocycles. The Labute approximate surface area is 228 Å². The van der Waals surface area contributed by atoms with Crippen molar-refractivity contribution in [1.29, 1.82) is 0 Å². The number of carbonyl (C=O) groups is 2. The van der Waals surface area contributed by atoms with Gasteiger partial charge in [-0.15, -0.1) is 0 Å². The van der Waals surface area contributed by atoms with Gasteiger partial charge in [-0.2, -0.15) is 5.10 Å². The summed E-state index contributed by atoms with van der Waals surface area (Å²) in [6.45, 7) is 15.1. The van der Waals surface area contributed by atoms with Crippen LogP contribution in [0, 0.1) is 0 Å². The van der Waals surface area contributed by atoms with Crippen molar-refractivity contribution < 1.29 is 14.7 Å². The van der Waals surface area contributed by atoms with Crippen molar-refractivity contribution in [3.63, 3.8) is 0 Å². The standard InChI is InChI=1S/C29H45N5O3Si/c1-8-28(37,9-2)18-22(20-14-11-10-12-15-20)30-26(36)34-19-21-23(27(34,3)4)32-33-24(21)31-25(35)29(16-13-17-29)38(5,6)7/h10-12,14-15,22,37H,8-9,13,16-19H2,1-7H3,(H,30,36)(H2,31,32,33,35). The van der Waals surface area contributed by atoms with Crippen molar-refractivity contribution >= 4 is 25.8 Å². The van der Waals surface area contributed by atoms with Crippen LogP contribution >= 0.6 is 0 Å². The second kappa shape index (κ2) is 10.1. The number of aromatic nitrogens is 2. The van der Waals surface area contributed by atoms with Crippen molar-refractivity contribution in [2.24, 2.45) is 0 Å². The Bertz CT molecular complexity index is 1160. The summed E-state index contributed by atoms with van der Waals surface area (Å²) in [7, 11) is -1.73. The fraction of sp³-hybridized carbons (Fsp3) is 0.621. The van der Waals surface area contributed by atoms with E-state index in [1.807, 2.05) is 58.0 Å². The monoisotopic (exact) mass is 539 g/mol. The predicted molar refractivity (Wildman–Crippen MR) is 154 cm³/mol. The van der Waals surface area contributed by atoms with Gasteiger partial charge in [-0.1, -0.05) is 70.2 Å². The molecule has 2 heterocycles. The first-order chi connectivity index (χ1) is 17.8. The number of fused-ring (bicyclic) bond motifs is 1. The van der Waals surface area contributed by atoms with E-state index >= 15 is 0 Å². The maximum atomic E-state index is 13.8. The van der Waals surface area contributed by atoms with Crippen LogP contribution in [-0.2, 0) is 16.9 Å². The number of H-pyrrole nitrogens is 1. The lowest BCUT2D eigenvalue weighted by molar-refractivity contribution is -0.121. The van der Waals surface area contributed by atoms with Gasteiger partial charge in [-0.25, -0.2) is 4.79 Å². The number of aromatic amines is 1. The van der Waals surface area contributed by atoms with Crippen molar-refractivity contribution in [3.05, 3.63) is 47.2 Å². The Morgan fingerprint density at radius 3 is 2.32 bits per heavy atom. The lowest BCUT2D eigenvalue weighted by Crippen LogP contribution is -2.52. The molecule has 0 saturated heterocycles. The van der Waals surface area contributed by atoms with Gasteiger partial charge < -0.3 is 20.6 Å². The van der Waals surface area contributed by atoms with E-state index in [-0.39, 0.29) is 23.0 Å². The maximum absolute atomic E-state index is 13.8. The van der Waals surface area contributed by atoms with Gasteiger partial charge in [0.2, 0.25) is 5.91 Å². The van der Waals surface area contributed by atoms with E-state index in [1.54, 1.807) is 4.90 Å². The van der Waals surface area contributed by atoms with Gasteiger partial charge in [0, 0.05) is 17.0 Å². The van der Waals surface area contributed by atoms with Gasteiger partial charge in [-0.05, 0) is 45.1 Å². The number of amides is 3. The second-order valence-corrected chi connectivity index (χ2v) is 18.2. The van der Waals surface area contributed by atoms with Crippen LogP contribution in [0.1, 0.15) is 89.1 Å². The summed E-state index contributed by atoms with van der Waals surface area (Å²) in [6.07, 6.45) is 4.60. The molecule has 2 aliphatic rings. The van der Waals surface area contributed by atoms with E-state index in [0.717, 1.165) is 36.1 Å². The zero-order valence-corrected chi connectivity index (χ0v) is 25.1. The Kier molecular flexibility index (Phi) is 7.57. The first kappa shape index (κ1) is 28.4. The molecule has 8 nitrogen and oxygen atoms in total. The van der Waals surface area contributed by atoms with Gasteiger partial charge in [0.1, 0.15) is 0 Å². The smallest absolute Gasteiger partial charge is 0.318 e. The molecule has 2 aromatic rings. The molecule has 0 bridgehead atoms. The molecule has 1 aliphatic carbocycles. The highest BCUT2D eigenvalue weighted by atomic mass is 28.3. The molecular formula is C29H45N5O3Si.